The summed E-state index contributed by atoms with van der Waals surface area (Å²) >= 11 is 0. The van der Waals surface area contributed by atoms with Gasteiger partial charge in [-0.1, -0.05) is 60.7 Å². The number of hydrogen-bond donors (Lipinski definition) is 3. The van der Waals surface area contributed by atoms with E-state index >= 15 is 0 Å². The second-order valence-corrected chi connectivity index (χ2v) is 6.96. The molecule has 0 radical (unpaired) electrons. The van der Waals surface area contributed by atoms with Crippen molar-refractivity contribution in [2.45, 2.75) is 12.8 Å². The average molecular weight is 369 g/mol. The smallest absolute Gasteiger partial charge is 0.319 e. The Morgan fingerprint density at radius 1 is 0.964 bits per heavy atom. The molecule has 0 saturated carbocycles. The number of hydrogen-bond acceptors (Lipinski definition) is 1. The zero-order chi connectivity index (χ0) is 19.3. The van der Waals surface area contributed by atoms with Crippen LogP contribution in [0.5, 0.6) is 0 Å². The SMILES string of the molecule is Cc1cccc(NC(=O)NC[C@@H](c2ccccc2)c2c[nH]c3ccccc23)c1. The summed E-state index contributed by atoms with van der Waals surface area (Å²) < 4.78 is 0. The first-order chi connectivity index (χ1) is 13.7. The molecule has 140 valence electrons. The number of rotatable bonds is 5. The number of anilines is 1. The van der Waals surface area contributed by atoms with E-state index in [1.54, 1.807) is 0 Å². The lowest BCUT2D eigenvalue weighted by molar-refractivity contribution is 0.252. The molecule has 1 atom stereocenters. The van der Waals surface area contributed by atoms with Crippen LogP contribution < -0.4 is 10.6 Å². The van der Waals surface area contributed by atoms with Crippen LogP contribution in [0.2, 0.25) is 0 Å². The molecule has 0 unspecified atom stereocenters. The molecule has 0 bridgehead atoms. The summed E-state index contributed by atoms with van der Waals surface area (Å²) in [4.78, 5) is 15.8. The van der Waals surface area contributed by atoms with Crippen LogP contribution in [0, 0.1) is 6.92 Å². The van der Waals surface area contributed by atoms with Crippen LogP contribution in [-0.2, 0) is 0 Å². The van der Waals surface area contributed by atoms with E-state index in [9.17, 15) is 4.79 Å². The fraction of sp³-hybridized carbons (Fsp3) is 0.125. The molecule has 0 aliphatic heterocycles. The van der Waals surface area contributed by atoms with Crippen molar-refractivity contribution in [1.29, 1.82) is 0 Å². The average Bonchev–Trinajstić information content (AvgIpc) is 3.13. The van der Waals surface area contributed by atoms with E-state index in [0.717, 1.165) is 16.8 Å². The van der Waals surface area contributed by atoms with Crippen molar-refractivity contribution in [2.75, 3.05) is 11.9 Å². The van der Waals surface area contributed by atoms with Gasteiger partial charge in [-0.15, -0.1) is 0 Å². The first kappa shape index (κ1) is 17.9. The van der Waals surface area contributed by atoms with E-state index in [4.69, 9.17) is 0 Å². The summed E-state index contributed by atoms with van der Waals surface area (Å²) in [5.41, 5.74) is 5.35. The van der Waals surface area contributed by atoms with Gasteiger partial charge >= 0.3 is 6.03 Å². The quantitative estimate of drug-likeness (QED) is 0.432. The largest absolute Gasteiger partial charge is 0.361 e. The van der Waals surface area contributed by atoms with Crippen LogP contribution in [0.1, 0.15) is 22.6 Å². The Kier molecular flexibility index (Phi) is 5.11. The molecule has 0 spiro atoms. The third kappa shape index (κ3) is 3.91. The summed E-state index contributed by atoms with van der Waals surface area (Å²) in [7, 11) is 0. The van der Waals surface area contributed by atoms with Gasteiger partial charge in [0, 0.05) is 35.2 Å². The van der Waals surface area contributed by atoms with Crippen molar-refractivity contribution >= 4 is 22.6 Å². The zero-order valence-electron chi connectivity index (χ0n) is 15.8. The summed E-state index contributed by atoms with van der Waals surface area (Å²) in [6.07, 6.45) is 2.04. The minimum atomic E-state index is -0.202. The molecule has 3 N–H and O–H groups in total. The highest BCUT2D eigenvalue weighted by Gasteiger charge is 2.19. The fourth-order valence-electron chi connectivity index (χ4n) is 3.57. The van der Waals surface area contributed by atoms with E-state index < -0.39 is 0 Å². The summed E-state index contributed by atoms with van der Waals surface area (Å²) in [6, 6.07) is 26.1. The summed E-state index contributed by atoms with van der Waals surface area (Å²) in [5, 5.41) is 7.13. The van der Waals surface area contributed by atoms with E-state index in [1.807, 2.05) is 67.7 Å². The van der Waals surface area contributed by atoms with Gasteiger partial charge in [-0.25, -0.2) is 4.79 Å². The number of aryl methyl sites for hydroxylation is 1. The molecule has 0 saturated heterocycles. The normalized spacial score (nSPS) is 11.9. The van der Waals surface area contributed by atoms with E-state index in [0.29, 0.717) is 6.54 Å². The minimum Gasteiger partial charge on any atom is -0.361 e. The number of urea groups is 1. The van der Waals surface area contributed by atoms with Crippen LogP contribution in [-0.4, -0.2) is 17.6 Å². The lowest BCUT2D eigenvalue weighted by atomic mass is 9.91. The maximum Gasteiger partial charge on any atom is 0.319 e. The molecule has 0 aliphatic carbocycles. The molecule has 1 aromatic heterocycles. The number of aromatic nitrogens is 1. The standard InChI is InChI=1S/C24H23N3O/c1-17-8-7-11-19(14-17)27-24(28)26-15-21(18-9-3-2-4-10-18)22-16-25-23-13-6-5-12-20(22)23/h2-14,16,21,25H,15H2,1H3,(H2,26,27,28)/t21-/m0/s1. The van der Waals surface area contributed by atoms with Gasteiger partial charge < -0.3 is 15.6 Å². The molecule has 4 heteroatoms. The Hall–Kier alpha value is -3.53. The number of fused-ring (bicyclic) bond motifs is 1. The Bertz CT molecular complexity index is 1090. The highest BCUT2D eigenvalue weighted by Crippen LogP contribution is 2.30. The van der Waals surface area contributed by atoms with Crippen molar-refractivity contribution < 1.29 is 4.79 Å². The van der Waals surface area contributed by atoms with E-state index in [1.165, 1.54) is 16.5 Å². The molecule has 2 amide bonds. The van der Waals surface area contributed by atoms with Crippen molar-refractivity contribution in [3.05, 3.63) is 102 Å². The van der Waals surface area contributed by atoms with Crippen LogP contribution in [0.25, 0.3) is 10.9 Å². The van der Waals surface area contributed by atoms with Gasteiger partial charge in [-0.05, 0) is 41.8 Å². The number of carbonyl (C=O) groups excluding carboxylic acids is 1. The topological polar surface area (TPSA) is 56.9 Å². The van der Waals surface area contributed by atoms with Gasteiger partial charge in [-0.2, -0.15) is 0 Å². The monoisotopic (exact) mass is 369 g/mol. The van der Waals surface area contributed by atoms with Gasteiger partial charge in [0.15, 0.2) is 0 Å². The summed E-state index contributed by atoms with van der Waals surface area (Å²) in [5.74, 6) is 0.0561. The van der Waals surface area contributed by atoms with Crippen molar-refractivity contribution in [3.63, 3.8) is 0 Å². The molecule has 0 aliphatic rings. The van der Waals surface area contributed by atoms with Gasteiger partial charge in [0.2, 0.25) is 0 Å². The predicted octanol–water partition coefficient (Wildman–Crippen LogP) is 5.43. The lowest BCUT2D eigenvalue weighted by Crippen LogP contribution is -2.32. The Morgan fingerprint density at radius 2 is 1.75 bits per heavy atom. The molecule has 28 heavy (non-hydrogen) atoms. The second-order valence-electron chi connectivity index (χ2n) is 6.96. The van der Waals surface area contributed by atoms with Gasteiger partial charge in [0.25, 0.3) is 0 Å². The highest BCUT2D eigenvalue weighted by atomic mass is 16.2. The van der Waals surface area contributed by atoms with E-state index in [2.05, 4.69) is 39.9 Å². The predicted molar refractivity (Wildman–Crippen MR) is 115 cm³/mol. The maximum atomic E-state index is 12.5. The van der Waals surface area contributed by atoms with Crippen LogP contribution >= 0.6 is 0 Å². The van der Waals surface area contributed by atoms with Gasteiger partial charge in [-0.3, -0.25) is 0 Å². The number of amides is 2. The number of carbonyl (C=O) groups is 1. The molecule has 3 aromatic carbocycles. The minimum absolute atomic E-state index is 0.0561. The van der Waals surface area contributed by atoms with Gasteiger partial charge in [0.05, 0.1) is 0 Å². The van der Waals surface area contributed by atoms with Crippen molar-refractivity contribution in [1.82, 2.24) is 10.3 Å². The van der Waals surface area contributed by atoms with Gasteiger partial charge in [0.1, 0.15) is 0 Å². The molecule has 4 nitrogen and oxygen atoms in total. The number of para-hydroxylation sites is 1. The Labute approximate surface area is 164 Å². The summed E-state index contributed by atoms with van der Waals surface area (Å²) in [6.45, 7) is 2.51. The first-order valence-electron chi connectivity index (χ1n) is 9.43. The molecule has 4 aromatic rings. The Balaban J connectivity index is 1.56. The molecule has 4 rings (SSSR count). The second kappa shape index (κ2) is 8.01. The van der Waals surface area contributed by atoms with Crippen molar-refractivity contribution in [3.8, 4) is 0 Å². The fourth-order valence-corrected chi connectivity index (χ4v) is 3.57. The molecule has 0 fully saturated rings. The van der Waals surface area contributed by atoms with Crippen molar-refractivity contribution in [2.24, 2.45) is 0 Å². The molecular formula is C24H23N3O. The molecule has 1 heterocycles. The van der Waals surface area contributed by atoms with Crippen LogP contribution in [0.15, 0.2) is 85.1 Å². The van der Waals surface area contributed by atoms with E-state index in [-0.39, 0.29) is 11.9 Å². The highest BCUT2D eigenvalue weighted by molar-refractivity contribution is 5.89. The first-order valence-corrected chi connectivity index (χ1v) is 9.43. The maximum absolute atomic E-state index is 12.5. The number of aromatic amines is 1. The Morgan fingerprint density at radius 3 is 2.57 bits per heavy atom. The number of H-pyrrole nitrogens is 1. The van der Waals surface area contributed by atoms with Crippen LogP contribution in [0.3, 0.4) is 0 Å². The zero-order valence-corrected chi connectivity index (χ0v) is 15.8. The molecular weight excluding hydrogens is 346 g/mol. The number of nitrogens with one attached hydrogen (secondary N) is 3. The number of benzene rings is 3. The lowest BCUT2D eigenvalue weighted by Gasteiger charge is -2.18. The van der Waals surface area contributed by atoms with Crippen LogP contribution in [0.4, 0.5) is 10.5 Å². The third-order valence-corrected chi connectivity index (χ3v) is 4.94. The third-order valence-electron chi connectivity index (χ3n) is 4.94.